The van der Waals surface area contributed by atoms with Gasteiger partial charge in [-0.1, -0.05) is 90.0 Å². The van der Waals surface area contributed by atoms with Gasteiger partial charge in [-0.2, -0.15) is 0 Å². The molecule has 0 saturated heterocycles. The zero-order valence-corrected chi connectivity index (χ0v) is 17.4. The molecule has 1 unspecified atom stereocenters. The van der Waals surface area contributed by atoms with Crippen LogP contribution in [0, 0.1) is 0 Å². The second-order valence-corrected chi connectivity index (χ2v) is 8.36. The van der Waals surface area contributed by atoms with Crippen molar-refractivity contribution in [2.45, 2.75) is 103 Å². The largest absolute Gasteiger partial charge is 0.477 e. The number of carboxylic acid groups (broad SMARTS) is 1. The lowest BCUT2D eigenvalue weighted by molar-refractivity contribution is -0.880. The lowest BCUT2D eigenvalue weighted by atomic mass is 10.0. The first-order valence-electron chi connectivity index (χ1n) is 10.6. The lowest BCUT2D eigenvalue weighted by Gasteiger charge is -2.28. The highest BCUT2D eigenvalue weighted by Gasteiger charge is 2.27. The van der Waals surface area contributed by atoms with Crippen LogP contribution in [0.15, 0.2) is 12.2 Å². The predicted molar refractivity (Wildman–Crippen MR) is 109 cm³/mol. The van der Waals surface area contributed by atoms with Crippen LogP contribution in [-0.4, -0.2) is 42.7 Å². The molecule has 1 atom stereocenters. The minimum Gasteiger partial charge on any atom is -0.477 e. The second-order valence-electron chi connectivity index (χ2n) is 8.36. The molecule has 0 saturated carbocycles. The fraction of sp³-hybridized carbons (Fsp3) is 0.864. The van der Waals surface area contributed by atoms with Crippen molar-refractivity contribution in [3.8, 4) is 0 Å². The molecule has 148 valence electrons. The third kappa shape index (κ3) is 15.2. The molecule has 0 aliphatic rings. The summed E-state index contributed by atoms with van der Waals surface area (Å²) in [6.07, 6.45) is 22.7. The van der Waals surface area contributed by atoms with Gasteiger partial charge in [0.05, 0.1) is 21.1 Å². The fourth-order valence-corrected chi connectivity index (χ4v) is 3.18. The molecule has 1 N–H and O–H groups in total. The van der Waals surface area contributed by atoms with Crippen LogP contribution in [0.5, 0.6) is 0 Å². The van der Waals surface area contributed by atoms with Crippen LogP contribution in [0.3, 0.4) is 0 Å². The monoisotopic (exact) mass is 354 g/mol. The van der Waals surface area contributed by atoms with Gasteiger partial charge in [0, 0.05) is 0 Å². The highest BCUT2D eigenvalue weighted by molar-refractivity contribution is 5.74. The molecule has 0 amide bonds. The van der Waals surface area contributed by atoms with E-state index >= 15 is 0 Å². The molecule has 0 radical (unpaired) electrons. The van der Waals surface area contributed by atoms with Crippen molar-refractivity contribution in [1.29, 1.82) is 0 Å². The van der Waals surface area contributed by atoms with E-state index in [4.69, 9.17) is 0 Å². The van der Waals surface area contributed by atoms with Crippen molar-refractivity contribution in [2.24, 2.45) is 0 Å². The average Bonchev–Trinajstić information content (AvgIpc) is 2.53. The highest BCUT2D eigenvalue weighted by atomic mass is 16.4. The van der Waals surface area contributed by atoms with Crippen molar-refractivity contribution in [3.63, 3.8) is 0 Å². The molecule has 3 heteroatoms. The van der Waals surface area contributed by atoms with Crippen LogP contribution in [0.2, 0.25) is 0 Å². The number of quaternary nitrogens is 1. The number of aliphatic carboxylic acids is 1. The van der Waals surface area contributed by atoms with Crippen LogP contribution < -0.4 is 0 Å². The quantitative estimate of drug-likeness (QED) is 0.192. The average molecular weight is 355 g/mol. The molecule has 3 nitrogen and oxygen atoms in total. The molecule has 0 aromatic rings. The first kappa shape index (κ1) is 24.2. The molecule has 0 bridgehead atoms. The number of hydrogen-bond donors (Lipinski definition) is 1. The molecule has 25 heavy (non-hydrogen) atoms. The van der Waals surface area contributed by atoms with Gasteiger partial charge in [-0.05, 0) is 18.9 Å². The zero-order chi connectivity index (χ0) is 19.0. The summed E-state index contributed by atoms with van der Waals surface area (Å²) < 4.78 is 0.435. The molecule has 0 aromatic heterocycles. The fourth-order valence-electron chi connectivity index (χ4n) is 3.18. The first-order valence-corrected chi connectivity index (χ1v) is 10.6. The van der Waals surface area contributed by atoms with Crippen molar-refractivity contribution in [2.75, 3.05) is 21.1 Å². The van der Waals surface area contributed by atoms with Crippen LogP contribution in [0.25, 0.3) is 0 Å². The van der Waals surface area contributed by atoms with Crippen LogP contribution in [-0.2, 0) is 4.79 Å². The Kier molecular flexibility index (Phi) is 14.9. The molecule has 0 rings (SSSR count). The van der Waals surface area contributed by atoms with Gasteiger partial charge < -0.3 is 9.59 Å². The Labute approximate surface area is 157 Å². The zero-order valence-electron chi connectivity index (χ0n) is 17.4. The topological polar surface area (TPSA) is 37.3 Å². The van der Waals surface area contributed by atoms with Gasteiger partial charge in [0.2, 0.25) is 6.04 Å². The third-order valence-electron chi connectivity index (χ3n) is 4.88. The van der Waals surface area contributed by atoms with E-state index in [2.05, 4.69) is 13.0 Å². The number of rotatable bonds is 17. The van der Waals surface area contributed by atoms with Gasteiger partial charge >= 0.3 is 5.97 Å². The second kappa shape index (κ2) is 15.4. The number of unbranched alkanes of at least 4 members (excludes halogenated alkanes) is 13. The van der Waals surface area contributed by atoms with Gasteiger partial charge in [-0.15, -0.1) is 0 Å². The standard InChI is InChI=1S/C22H43NO2/c1-5-6-7-8-9-10-11-12-13-14-15-16-17-18-19-20-21(22(24)25)23(2,3)4/h19-21H,5-18H2,1-4H3/p+1/b20-19+. The van der Waals surface area contributed by atoms with E-state index in [0.29, 0.717) is 4.48 Å². The summed E-state index contributed by atoms with van der Waals surface area (Å²) in [5.41, 5.74) is 0. The Balaban J connectivity index is 3.44. The number of nitrogens with zero attached hydrogens (tertiary/aromatic N) is 1. The lowest BCUT2D eigenvalue weighted by Crippen LogP contribution is -2.48. The van der Waals surface area contributed by atoms with E-state index < -0.39 is 12.0 Å². The number of likely N-dealkylation sites (N-methyl/N-ethyl adjacent to an activating group) is 1. The van der Waals surface area contributed by atoms with Gasteiger partial charge in [0.15, 0.2) is 0 Å². The van der Waals surface area contributed by atoms with Crippen LogP contribution in [0.4, 0.5) is 0 Å². The summed E-state index contributed by atoms with van der Waals surface area (Å²) in [6, 6.07) is -0.443. The summed E-state index contributed by atoms with van der Waals surface area (Å²) in [5, 5.41) is 9.26. The molecule has 0 aromatic carbocycles. The number of carbonyl (C=O) groups is 1. The van der Waals surface area contributed by atoms with Crippen molar-refractivity contribution >= 4 is 5.97 Å². The van der Waals surface area contributed by atoms with E-state index in [-0.39, 0.29) is 0 Å². The maximum Gasteiger partial charge on any atom is 0.366 e. The minimum atomic E-state index is -0.742. The maximum absolute atomic E-state index is 11.3. The van der Waals surface area contributed by atoms with E-state index in [1.54, 1.807) is 0 Å². The normalized spacial score (nSPS) is 13.4. The summed E-state index contributed by atoms with van der Waals surface area (Å²) in [5.74, 6) is -0.742. The molecule has 0 heterocycles. The molecular formula is C22H44NO2+. The Morgan fingerprint density at radius 1 is 0.800 bits per heavy atom. The van der Waals surface area contributed by atoms with E-state index in [9.17, 15) is 9.90 Å². The van der Waals surface area contributed by atoms with Crippen LogP contribution >= 0.6 is 0 Å². The molecule has 0 fully saturated rings. The third-order valence-corrected chi connectivity index (χ3v) is 4.88. The van der Waals surface area contributed by atoms with Crippen molar-refractivity contribution < 1.29 is 14.4 Å². The molecule has 0 aliphatic heterocycles. The minimum absolute atomic E-state index is 0.435. The predicted octanol–water partition coefficient (Wildman–Crippen LogP) is 6.18. The Morgan fingerprint density at radius 2 is 1.20 bits per heavy atom. The number of allylic oxidation sites excluding steroid dienone is 1. The number of hydrogen-bond acceptors (Lipinski definition) is 1. The Hall–Kier alpha value is -0.830. The van der Waals surface area contributed by atoms with Gasteiger partial charge in [0.25, 0.3) is 0 Å². The van der Waals surface area contributed by atoms with E-state index in [1.165, 1.54) is 83.5 Å². The summed E-state index contributed by atoms with van der Waals surface area (Å²) in [7, 11) is 5.77. The maximum atomic E-state index is 11.3. The van der Waals surface area contributed by atoms with Gasteiger partial charge in [-0.3, -0.25) is 0 Å². The number of carboxylic acids is 1. The van der Waals surface area contributed by atoms with Crippen LogP contribution in [0.1, 0.15) is 96.8 Å². The Bertz CT molecular complexity index is 344. The van der Waals surface area contributed by atoms with Crippen molar-refractivity contribution in [3.05, 3.63) is 12.2 Å². The smallest absolute Gasteiger partial charge is 0.366 e. The van der Waals surface area contributed by atoms with Gasteiger partial charge in [-0.25, -0.2) is 4.79 Å². The van der Waals surface area contributed by atoms with Crippen molar-refractivity contribution in [1.82, 2.24) is 0 Å². The summed E-state index contributed by atoms with van der Waals surface area (Å²) >= 11 is 0. The van der Waals surface area contributed by atoms with Gasteiger partial charge in [0.1, 0.15) is 0 Å². The first-order chi connectivity index (χ1) is 11.9. The SMILES string of the molecule is CCCCCCCCCCCCCCC/C=C/C(C(=O)O)[N+](C)(C)C. The Morgan fingerprint density at radius 3 is 1.56 bits per heavy atom. The highest BCUT2D eigenvalue weighted by Crippen LogP contribution is 2.13. The molecule has 0 aliphatic carbocycles. The van der Waals surface area contributed by atoms with E-state index in [1.807, 2.05) is 27.2 Å². The summed E-state index contributed by atoms with van der Waals surface area (Å²) in [6.45, 7) is 2.27. The van der Waals surface area contributed by atoms with E-state index in [0.717, 1.165) is 6.42 Å². The summed E-state index contributed by atoms with van der Waals surface area (Å²) in [4.78, 5) is 11.3. The molecule has 0 spiro atoms. The molecular weight excluding hydrogens is 310 g/mol.